The lowest BCUT2D eigenvalue weighted by molar-refractivity contribution is -0.122. The number of rotatable bonds is 8. The summed E-state index contributed by atoms with van der Waals surface area (Å²) in [4.78, 5) is 29.2. The van der Waals surface area contributed by atoms with Crippen molar-refractivity contribution in [3.8, 4) is 16.2 Å². The number of piperidine rings is 1. The number of ether oxygens (including phenoxy) is 1. The average molecular weight is 463 g/mol. The Balaban J connectivity index is 1.32. The van der Waals surface area contributed by atoms with E-state index in [0.717, 1.165) is 29.7 Å². The van der Waals surface area contributed by atoms with E-state index in [1.807, 2.05) is 78.6 Å². The number of likely N-dealkylation sites (tertiary alicyclic amines) is 1. The zero-order chi connectivity index (χ0) is 23.0. The molecule has 1 N–H and O–H groups in total. The molecule has 0 aliphatic carbocycles. The van der Waals surface area contributed by atoms with E-state index in [2.05, 4.69) is 5.32 Å². The summed E-state index contributed by atoms with van der Waals surface area (Å²) in [5.41, 5.74) is 2.25. The van der Waals surface area contributed by atoms with E-state index in [1.165, 1.54) is 16.9 Å². The summed E-state index contributed by atoms with van der Waals surface area (Å²) in [7, 11) is 0. The molecule has 0 bridgehead atoms. The highest BCUT2D eigenvalue weighted by atomic mass is 32.1. The lowest BCUT2D eigenvalue weighted by Crippen LogP contribution is -2.46. The number of carbonyl (C=O) groups is 2. The summed E-state index contributed by atoms with van der Waals surface area (Å²) in [5, 5.41) is 3.15. The number of amides is 2. The first kappa shape index (κ1) is 23.1. The number of carbonyl (C=O) groups excluding carboxylic acids is 2. The van der Waals surface area contributed by atoms with Crippen LogP contribution in [0.5, 0.6) is 5.75 Å². The topological polar surface area (TPSA) is 58.6 Å². The van der Waals surface area contributed by atoms with Crippen molar-refractivity contribution in [2.24, 2.45) is 0 Å². The molecule has 1 saturated heterocycles. The molecule has 1 aliphatic heterocycles. The summed E-state index contributed by atoms with van der Waals surface area (Å²) in [6, 6.07) is 22.2. The summed E-state index contributed by atoms with van der Waals surface area (Å²) >= 11 is 1.48. The normalized spacial score (nSPS) is 14.2. The van der Waals surface area contributed by atoms with Gasteiger partial charge in [0, 0.05) is 30.4 Å². The number of thiophene rings is 1. The van der Waals surface area contributed by atoms with Crippen LogP contribution in [0.4, 0.5) is 0 Å². The van der Waals surface area contributed by atoms with Gasteiger partial charge in [0.05, 0.1) is 6.61 Å². The van der Waals surface area contributed by atoms with Crippen LogP contribution in [-0.2, 0) is 11.2 Å². The Morgan fingerprint density at radius 3 is 2.36 bits per heavy atom. The fourth-order valence-electron chi connectivity index (χ4n) is 4.10. The lowest BCUT2D eigenvalue weighted by atomic mass is 10.0. The standard InChI is InChI=1S/C27H30N2O3S/c1-2-32-23-19-24(21-11-7-4-8-12-21)33-26(23)27(31)29-17-15-22(16-18-29)28-25(30)14-13-20-9-5-3-6-10-20/h3-12,19,22H,2,13-18H2,1H3,(H,28,30). The second-order valence-electron chi connectivity index (χ2n) is 8.22. The van der Waals surface area contributed by atoms with Crippen molar-refractivity contribution in [1.82, 2.24) is 10.2 Å². The van der Waals surface area contributed by atoms with Crippen LogP contribution in [0.2, 0.25) is 0 Å². The molecule has 6 heteroatoms. The number of hydrogen-bond acceptors (Lipinski definition) is 4. The van der Waals surface area contributed by atoms with E-state index < -0.39 is 0 Å². The van der Waals surface area contributed by atoms with Gasteiger partial charge in [-0.3, -0.25) is 9.59 Å². The predicted octanol–water partition coefficient (Wildman–Crippen LogP) is 5.17. The molecule has 0 spiro atoms. The first-order chi connectivity index (χ1) is 16.1. The van der Waals surface area contributed by atoms with Gasteiger partial charge < -0.3 is 15.0 Å². The average Bonchev–Trinajstić information content (AvgIpc) is 3.28. The maximum atomic E-state index is 13.3. The zero-order valence-electron chi connectivity index (χ0n) is 19.0. The van der Waals surface area contributed by atoms with Gasteiger partial charge in [0.25, 0.3) is 5.91 Å². The molecule has 0 radical (unpaired) electrons. The van der Waals surface area contributed by atoms with Crippen molar-refractivity contribution in [2.75, 3.05) is 19.7 Å². The smallest absolute Gasteiger partial charge is 0.267 e. The molecule has 3 aromatic rings. The minimum absolute atomic E-state index is 0.0134. The van der Waals surface area contributed by atoms with Gasteiger partial charge in [0.2, 0.25) is 5.91 Å². The van der Waals surface area contributed by atoms with E-state index in [9.17, 15) is 9.59 Å². The van der Waals surface area contributed by atoms with Crippen LogP contribution in [0.15, 0.2) is 66.7 Å². The van der Waals surface area contributed by atoms with Gasteiger partial charge in [-0.1, -0.05) is 60.7 Å². The highest BCUT2D eigenvalue weighted by Crippen LogP contribution is 2.37. The second kappa shape index (κ2) is 11.1. The third kappa shape index (κ3) is 6.02. The molecular formula is C27H30N2O3S. The van der Waals surface area contributed by atoms with Crippen molar-refractivity contribution < 1.29 is 14.3 Å². The van der Waals surface area contributed by atoms with Crippen molar-refractivity contribution in [3.05, 3.63) is 77.2 Å². The maximum absolute atomic E-state index is 13.3. The number of benzene rings is 2. The molecule has 33 heavy (non-hydrogen) atoms. The van der Waals surface area contributed by atoms with Crippen LogP contribution in [-0.4, -0.2) is 42.5 Å². The SMILES string of the molecule is CCOc1cc(-c2ccccc2)sc1C(=O)N1CCC(NC(=O)CCc2ccccc2)CC1. The van der Waals surface area contributed by atoms with Gasteiger partial charge in [-0.15, -0.1) is 11.3 Å². The largest absolute Gasteiger partial charge is 0.492 e. The highest BCUT2D eigenvalue weighted by Gasteiger charge is 2.28. The van der Waals surface area contributed by atoms with Crippen molar-refractivity contribution in [1.29, 1.82) is 0 Å². The summed E-state index contributed by atoms with van der Waals surface area (Å²) in [6.07, 6.45) is 2.76. The van der Waals surface area contributed by atoms with Crippen LogP contribution in [0.3, 0.4) is 0 Å². The second-order valence-corrected chi connectivity index (χ2v) is 9.27. The molecule has 1 aromatic heterocycles. The Kier molecular flexibility index (Phi) is 7.79. The van der Waals surface area contributed by atoms with E-state index in [4.69, 9.17) is 4.74 Å². The van der Waals surface area contributed by atoms with Crippen LogP contribution >= 0.6 is 11.3 Å². The van der Waals surface area contributed by atoms with Crippen LogP contribution in [0, 0.1) is 0 Å². The summed E-state index contributed by atoms with van der Waals surface area (Å²) < 4.78 is 5.79. The van der Waals surface area contributed by atoms with Crippen LogP contribution in [0.1, 0.15) is 41.4 Å². The van der Waals surface area contributed by atoms with Gasteiger partial charge in [0.15, 0.2) is 0 Å². The molecule has 1 fully saturated rings. The molecular weight excluding hydrogens is 432 g/mol. The first-order valence-electron chi connectivity index (χ1n) is 11.6. The van der Waals surface area contributed by atoms with Gasteiger partial charge in [0.1, 0.15) is 10.6 Å². The Labute approximate surface area is 199 Å². The van der Waals surface area contributed by atoms with E-state index in [-0.39, 0.29) is 17.9 Å². The molecule has 0 saturated carbocycles. The molecule has 4 rings (SSSR count). The van der Waals surface area contributed by atoms with Crippen molar-refractivity contribution >= 4 is 23.2 Å². The molecule has 0 unspecified atom stereocenters. The monoisotopic (exact) mass is 462 g/mol. The summed E-state index contributed by atoms with van der Waals surface area (Å²) in [5.74, 6) is 0.746. The minimum Gasteiger partial charge on any atom is -0.492 e. The number of nitrogens with zero attached hydrogens (tertiary/aromatic N) is 1. The fraction of sp³-hybridized carbons (Fsp3) is 0.333. The third-order valence-electron chi connectivity index (χ3n) is 5.88. The highest BCUT2D eigenvalue weighted by molar-refractivity contribution is 7.17. The number of hydrogen-bond donors (Lipinski definition) is 1. The zero-order valence-corrected chi connectivity index (χ0v) is 19.8. The molecule has 2 heterocycles. The van der Waals surface area contributed by atoms with Gasteiger partial charge in [-0.05, 0) is 43.4 Å². The Hall–Kier alpha value is -3.12. The van der Waals surface area contributed by atoms with Crippen LogP contribution in [0.25, 0.3) is 10.4 Å². The number of nitrogens with one attached hydrogen (secondary N) is 1. The molecule has 0 atom stereocenters. The quantitative estimate of drug-likeness (QED) is 0.503. The van der Waals surface area contributed by atoms with E-state index in [0.29, 0.717) is 36.7 Å². The van der Waals surface area contributed by atoms with E-state index >= 15 is 0 Å². The predicted molar refractivity (Wildman–Crippen MR) is 133 cm³/mol. The Morgan fingerprint density at radius 2 is 1.70 bits per heavy atom. The molecule has 2 aromatic carbocycles. The Bertz CT molecular complexity index is 1060. The number of aryl methyl sites for hydroxylation is 1. The van der Waals surface area contributed by atoms with Crippen molar-refractivity contribution in [3.63, 3.8) is 0 Å². The van der Waals surface area contributed by atoms with E-state index in [1.54, 1.807) is 0 Å². The fourth-order valence-corrected chi connectivity index (χ4v) is 5.18. The van der Waals surface area contributed by atoms with Crippen LogP contribution < -0.4 is 10.1 Å². The van der Waals surface area contributed by atoms with Crippen molar-refractivity contribution in [2.45, 2.75) is 38.6 Å². The lowest BCUT2D eigenvalue weighted by Gasteiger charge is -2.32. The van der Waals surface area contributed by atoms with Gasteiger partial charge in [-0.25, -0.2) is 0 Å². The van der Waals surface area contributed by atoms with Gasteiger partial charge in [-0.2, -0.15) is 0 Å². The first-order valence-corrected chi connectivity index (χ1v) is 12.4. The minimum atomic E-state index is 0.0134. The third-order valence-corrected chi connectivity index (χ3v) is 7.03. The molecule has 5 nitrogen and oxygen atoms in total. The Morgan fingerprint density at radius 1 is 1.03 bits per heavy atom. The maximum Gasteiger partial charge on any atom is 0.267 e. The molecule has 172 valence electrons. The summed E-state index contributed by atoms with van der Waals surface area (Å²) in [6.45, 7) is 3.71. The molecule has 2 amide bonds. The van der Waals surface area contributed by atoms with Gasteiger partial charge >= 0.3 is 0 Å². The molecule has 1 aliphatic rings.